The van der Waals surface area contributed by atoms with Crippen LogP contribution < -0.4 is 0 Å². The van der Waals surface area contributed by atoms with Gasteiger partial charge in [0.25, 0.3) is 0 Å². The lowest BCUT2D eigenvalue weighted by atomic mass is 10.1. The van der Waals surface area contributed by atoms with Crippen molar-refractivity contribution in [1.29, 1.82) is 0 Å². The summed E-state index contributed by atoms with van der Waals surface area (Å²) in [6, 6.07) is 8.00. The number of rotatable bonds is 4. The van der Waals surface area contributed by atoms with Gasteiger partial charge in [0.15, 0.2) is 5.82 Å². The minimum Gasteiger partial charge on any atom is -0.329 e. The largest absolute Gasteiger partial charge is 0.471 e. The molecule has 0 N–H and O–H groups in total. The molecular formula is C15H12F3N5O2S. The Morgan fingerprint density at radius 1 is 1.19 bits per heavy atom. The van der Waals surface area contributed by atoms with Gasteiger partial charge in [0, 0.05) is 18.9 Å². The van der Waals surface area contributed by atoms with Gasteiger partial charge in [-0.1, -0.05) is 17.3 Å². The number of hydrogen-bond donors (Lipinski definition) is 0. The van der Waals surface area contributed by atoms with Gasteiger partial charge in [-0.05, 0) is 23.8 Å². The summed E-state index contributed by atoms with van der Waals surface area (Å²) >= 11 is 0. The Balaban J connectivity index is 1.78. The van der Waals surface area contributed by atoms with E-state index < -0.39 is 21.8 Å². The van der Waals surface area contributed by atoms with Crippen LogP contribution in [-0.4, -0.2) is 30.6 Å². The highest BCUT2D eigenvalue weighted by atomic mass is 32.2. The van der Waals surface area contributed by atoms with Crippen LogP contribution in [0.4, 0.5) is 18.9 Å². The number of alkyl halides is 3. The van der Waals surface area contributed by atoms with E-state index in [4.69, 9.17) is 0 Å². The maximum absolute atomic E-state index is 12.6. The lowest BCUT2D eigenvalue weighted by Gasteiger charge is -2.03. The monoisotopic (exact) mass is 383 g/mol. The van der Waals surface area contributed by atoms with E-state index in [1.165, 1.54) is 24.8 Å². The highest BCUT2D eigenvalue weighted by molar-refractivity contribution is 7.93. The van der Waals surface area contributed by atoms with E-state index in [9.17, 15) is 17.4 Å². The molecule has 0 amide bonds. The van der Waals surface area contributed by atoms with Crippen LogP contribution in [-0.2, 0) is 22.3 Å². The molecule has 0 aliphatic carbocycles. The van der Waals surface area contributed by atoms with Gasteiger partial charge in [-0.15, -0.1) is 0 Å². The van der Waals surface area contributed by atoms with Crippen molar-refractivity contribution >= 4 is 15.4 Å². The van der Waals surface area contributed by atoms with Gasteiger partial charge in [0.1, 0.15) is 11.4 Å². The molecule has 0 saturated heterocycles. The summed E-state index contributed by atoms with van der Waals surface area (Å²) in [7, 11) is -2.74. The molecule has 0 spiro atoms. The Bertz CT molecular complexity index is 1010. The topological polar surface area (TPSA) is 94.1 Å². The van der Waals surface area contributed by atoms with Crippen LogP contribution in [0.2, 0.25) is 0 Å². The van der Waals surface area contributed by atoms with Gasteiger partial charge in [-0.25, -0.2) is 14.2 Å². The molecule has 7 nitrogen and oxygen atoms in total. The fraction of sp³-hybridized carbons (Fsp3) is 0.200. The van der Waals surface area contributed by atoms with E-state index in [1.54, 1.807) is 24.3 Å². The summed E-state index contributed by atoms with van der Waals surface area (Å²) in [6.45, 7) is 0. The highest BCUT2D eigenvalue weighted by Gasteiger charge is 2.38. The van der Waals surface area contributed by atoms with Crippen molar-refractivity contribution in [2.24, 2.45) is 4.36 Å². The summed E-state index contributed by atoms with van der Waals surface area (Å²) in [6.07, 6.45) is -0.383. The van der Waals surface area contributed by atoms with Gasteiger partial charge in [0.2, 0.25) is 0 Å². The summed E-state index contributed by atoms with van der Waals surface area (Å²) in [5.74, 6) is -1.46. The second-order valence-electron chi connectivity index (χ2n) is 5.30. The van der Waals surface area contributed by atoms with Gasteiger partial charge in [0.05, 0.1) is 15.4 Å². The smallest absolute Gasteiger partial charge is 0.329 e. The molecule has 0 aliphatic rings. The zero-order chi connectivity index (χ0) is 18.8. The molecule has 1 atom stereocenters. The average molecular weight is 383 g/mol. The minimum absolute atomic E-state index is 0.0628. The maximum atomic E-state index is 12.6. The lowest BCUT2D eigenvalue weighted by Crippen LogP contribution is -2.05. The summed E-state index contributed by atoms with van der Waals surface area (Å²) in [4.78, 5) is 11.0. The van der Waals surface area contributed by atoms with Gasteiger partial charge in [-0.3, -0.25) is 0 Å². The molecule has 136 valence electrons. The normalized spacial score (nSPS) is 14.0. The van der Waals surface area contributed by atoms with Crippen LogP contribution in [0.1, 0.15) is 17.3 Å². The molecule has 2 heterocycles. The first-order valence-corrected chi connectivity index (χ1v) is 9.13. The van der Waals surface area contributed by atoms with Gasteiger partial charge >= 0.3 is 12.1 Å². The van der Waals surface area contributed by atoms with Crippen molar-refractivity contribution in [3.8, 4) is 0 Å². The molecule has 3 rings (SSSR count). The number of benzene rings is 1. The van der Waals surface area contributed by atoms with Crippen LogP contribution in [0.25, 0.3) is 0 Å². The third-order valence-electron chi connectivity index (χ3n) is 3.23. The molecule has 0 radical (unpaired) electrons. The Morgan fingerprint density at radius 3 is 2.50 bits per heavy atom. The summed E-state index contributed by atoms with van der Waals surface area (Å²) in [5.41, 5.74) is 1.10. The van der Waals surface area contributed by atoms with Crippen LogP contribution >= 0.6 is 0 Å². The minimum atomic E-state index is -4.67. The molecule has 3 aromatic rings. The molecule has 1 aromatic carbocycles. The molecule has 1 unspecified atom stereocenters. The first-order valence-electron chi connectivity index (χ1n) is 7.21. The Morgan fingerprint density at radius 2 is 1.92 bits per heavy atom. The van der Waals surface area contributed by atoms with Crippen LogP contribution in [0.3, 0.4) is 0 Å². The second-order valence-corrected chi connectivity index (χ2v) is 7.50. The first-order chi connectivity index (χ1) is 12.2. The van der Waals surface area contributed by atoms with Crippen molar-refractivity contribution < 1.29 is 21.9 Å². The van der Waals surface area contributed by atoms with Crippen molar-refractivity contribution in [1.82, 2.24) is 20.1 Å². The number of aromatic nitrogens is 4. The zero-order valence-corrected chi connectivity index (χ0v) is 14.2. The van der Waals surface area contributed by atoms with Crippen LogP contribution in [0.5, 0.6) is 0 Å². The predicted molar refractivity (Wildman–Crippen MR) is 85.0 cm³/mol. The first kappa shape index (κ1) is 18.0. The molecule has 26 heavy (non-hydrogen) atoms. The SMILES string of the molecule is CS(=O)(=Nc1ccc(Cc2noc(C(F)(F)F)n2)cc1)c1ccncn1. The second kappa shape index (κ2) is 6.83. The van der Waals surface area contributed by atoms with Gasteiger partial charge in [-0.2, -0.15) is 22.5 Å². The van der Waals surface area contributed by atoms with E-state index in [1.807, 2.05) is 0 Å². The van der Waals surface area contributed by atoms with Crippen molar-refractivity contribution in [2.45, 2.75) is 17.6 Å². The van der Waals surface area contributed by atoms with Crippen LogP contribution in [0, 0.1) is 0 Å². The third-order valence-corrected chi connectivity index (χ3v) is 4.81. The summed E-state index contributed by atoms with van der Waals surface area (Å²) in [5, 5.41) is 3.62. The standard InChI is InChI=1S/C15H12F3N5O2S/c1-26(24,13-6-7-19-9-20-13)23-11-4-2-10(3-5-11)8-12-21-14(25-22-12)15(16,17)18/h2-7,9H,8H2,1H3. The van der Waals surface area contributed by atoms with E-state index in [-0.39, 0.29) is 12.2 Å². The van der Waals surface area contributed by atoms with Crippen molar-refractivity contribution in [3.63, 3.8) is 0 Å². The Hall–Kier alpha value is -2.82. The third kappa shape index (κ3) is 4.23. The van der Waals surface area contributed by atoms with E-state index >= 15 is 0 Å². The molecule has 11 heteroatoms. The van der Waals surface area contributed by atoms with Crippen molar-refractivity contribution in [2.75, 3.05) is 6.26 Å². The quantitative estimate of drug-likeness (QED) is 0.642. The molecule has 0 fully saturated rings. The highest BCUT2D eigenvalue weighted by Crippen LogP contribution is 2.27. The van der Waals surface area contributed by atoms with Crippen molar-refractivity contribution in [3.05, 3.63) is 60.1 Å². The average Bonchev–Trinajstić information content (AvgIpc) is 3.06. The number of hydrogen-bond acceptors (Lipinski definition) is 7. The molecular weight excluding hydrogens is 371 g/mol. The van der Waals surface area contributed by atoms with Gasteiger partial charge < -0.3 is 4.52 Å². The lowest BCUT2D eigenvalue weighted by molar-refractivity contribution is -0.159. The molecule has 0 saturated carbocycles. The van der Waals surface area contributed by atoms with E-state index in [0.29, 0.717) is 16.3 Å². The Kier molecular flexibility index (Phi) is 4.72. The number of nitrogens with zero attached hydrogens (tertiary/aromatic N) is 5. The fourth-order valence-corrected chi connectivity index (χ4v) is 3.22. The van der Waals surface area contributed by atoms with E-state index in [2.05, 4.69) is 29.0 Å². The Labute approximate surface area is 146 Å². The fourth-order valence-electron chi connectivity index (χ4n) is 2.05. The predicted octanol–water partition coefficient (Wildman–Crippen LogP) is 3.26. The molecule has 2 aromatic heterocycles. The zero-order valence-electron chi connectivity index (χ0n) is 13.3. The van der Waals surface area contributed by atoms with Crippen LogP contribution in [0.15, 0.2) is 56.8 Å². The molecule has 0 aliphatic heterocycles. The maximum Gasteiger partial charge on any atom is 0.471 e. The number of halogens is 3. The summed E-state index contributed by atoms with van der Waals surface area (Å²) < 4.78 is 58.3. The molecule has 0 bridgehead atoms. The van der Waals surface area contributed by atoms with E-state index in [0.717, 1.165) is 0 Å².